The molecule has 5 unspecified atom stereocenters. The number of nitrogens with two attached hydrogens (primary N) is 4. The number of hydrogen-bond donors (Lipinski definition) is 9. The second-order valence-corrected chi connectivity index (χ2v) is 9.10. The Balaban J connectivity index is 5.55. The minimum atomic E-state index is -1.29. The lowest BCUT2D eigenvalue weighted by atomic mass is 9.98. The molecule has 0 aromatic rings. The Morgan fingerprint density at radius 1 is 0.842 bits per heavy atom. The standard InChI is InChI=1S/C23H44N8O7/c1-3-13(2)18(22(37)38)31-21(36)15(8-4-5-11-24)30-20(35)16(9-10-17(32)33)29-19(34)14(25)7-6-12-28-23(26)27/h13-16,18H,3-12,24-25H2,1-2H3,(H,29,34)(H,30,35)(H,31,36)(H,32,33)(H,37,38)(H4,26,27,28). The van der Waals surface area contributed by atoms with E-state index in [0.29, 0.717) is 32.2 Å². The van der Waals surface area contributed by atoms with Crippen molar-refractivity contribution < 1.29 is 34.2 Å². The number of carbonyl (C=O) groups is 5. The fourth-order valence-corrected chi connectivity index (χ4v) is 3.44. The number of carbonyl (C=O) groups excluding carboxylic acids is 3. The zero-order valence-corrected chi connectivity index (χ0v) is 22.2. The molecule has 0 spiro atoms. The van der Waals surface area contributed by atoms with Crippen LogP contribution in [-0.2, 0) is 24.0 Å². The van der Waals surface area contributed by atoms with Crippen LogP contribution in [0.25, 0.3) is 0 Å². The van der Waals surface area contributed by atoms with Crippen LogP contribution in [0, 0.1) is 5.92 Å². The molecule has 13 N–H and O–H groups in total. The minimum absolute atomic E-state index is 0.0997. The normalized spacial score (nSPS) is 14.7. The van der Waals surface area contributed by atoms with Crippen molar-refractivity contribution in [2.45, 2.75) is 89.4 Å². The molecular formula is C23H44N8O7. The molecule has 5 atom stereocenters. The minimum Gasteiger partial charge on any atom is -0.481 e. The lowest BCUT2D eigenvalue weighted by molar-refractivity contribution is -0.144. The average Bonchev–Trinajstić information content (AvgIpc) is 2.85. The SMILES string of the molecule is CCC(C)C(NC(=O)C(CCCCN)NC(=O)C(CCC(=O)O)NC(=O)C(N)CCCN=C(N)N)C(=O)O. The van der Waals surface area contributed by atoms with Crippen LogP contribution in [0.15, 0.2) is 4.99 Å². The van der Waals surface area contributed by atoms with Gasteiger partial charge in [0.05, 0.1) is 6.04 Å². The van der Waals surface area contributed by atoms with Crippen LogP contribution in [0.5, 0.6) is 0 Å². The number of aliphatic carboxylic acids is 2. The first kappa shape index (κ1) is 34.5. The van der Waals surface area contributed by atoms with Crippen molar-refractivity contribution in [1.82, 2.24) is 16.0 Å². The van der Waals surface area contributed by atoms with E-state index in [1.54, 1.807) is 13.8 Å². The van der Waals surface area contributed by atoms with Crippen LogP contribution >= 0.6 is 0 Å². The van der Waals surface area contributed by atoms with Crippen LogP contribution in [0.2, 0.25) is 0 Å². The molecule has 0 radical (unpaired) electrons. The number of amides is 3. The molecule has 0 saturated heterocycles. The summed E-state index contributed by atoms with van der Waals surface area (Å²) in [7, 11) is 0. The first-order chi connectivity index (χ1) is 17.8. The Hall–Kier alpha value is -3.46. The molecule has 218 valence electrons. The fraction of sp³-hybridized carbons (Fsp3) is 0.739. The molecule has 0 rings (SSSR count). The van der Waals surface area contributed by atoms with Crippen molar-refractivity contribution in [3.63, 3.8) is 0 Å². The van der Waals surface area contributed by atoms with Crippen LogP contribution < -0.4 is 38.9 Å². The van der Waals surface area contributed by atoms with Gasteiger partial charge in [-0.25, -0.2) is 4.79 Å². The van der Waals surface area contributed by atoms with Gasteiger partial charge < -0.3 is 49.1 Å². The summed E-state index contributed by atoms with van der Waals surface area (Å²) >= 11 is 0. The number of guanidine groups is 1. The summed E-state index contributed by atoms with van der Waals surface area (Å²) in [6, 6.07) is -4.60. The zero-order valence-electron chi connectivity index (χ0n) is 22.2. The third-order valence-corrected chi connectivity index (χ3v) is 5.94. The summed E-state index contributed by atoms with van der Waals surface area (Å²) in [6.07, 6.45) is 1.58. The van der Waals surface area contributed by atoms with Gasteiger partial charge in [-0.2, -0.15) is 0 Å². The first-order valence-corrected chi connectivity index (χ1v) is 12.7. The quantitative estimate of drug-likeness (QED) is 0.0456. The van der Waals surface area contributed by atoms with Crippen molar-refractivity contribution in [2.24, 2.45) is 33.8 Å². The topological polar surface area (TPSA) is 278 Å². The van der Waals surface area contributed by atoms with Crippen LogP contribution in [-0.4, -0.2) is 83.1 Å². The van der Waals surface area contributed by atoms with Gasteiger partial charge in [-0.3, -0.25) is 24.2 Å². The Kier molecular flexibility index (Phi) is 17.0. The molecule has 15 nitrogen and oxygen atoms in total. The molecule has 38 heavy (non-hydrogen) atoms. The van der Waals surface area contributed by atoms with E-state index in [4.69, 9.17) is 28.0 Å². The van der Waals surface area contributed by atoms with E-state index >= 15 is 0 Å². The summed E-state index contributed by atoms with van der Waals surface area (Å²) in [5.74, 6) is -5.05. The van der Waals surface area contributed by atoms with E-state index in [9.17, 15) is 29.1 Å². The zero-order chi connectivity index (χ0) is 29.3. The number of hydrogen-bond acceptors (Lipinski definition) is 8. The number of carboxylic acids is 2. The summed E-state index contributed by atoms with van der Waals surface area (Å²) < 4.78 is 0. The highest BCUT2D eigenvalue weighted by molar-refractivity contribution is 5.94. The molecule has 0 aromatic heterocycles. The van der Waals surface area contributed by atoms with Crippen molar-refractivity contribution in [1.29, 1.82) is 0 Å². The predicted octanol–water partition coefficient (Wildman–Crippen LogP) is -2.05. The largest absolute Gasteiger partial charge is 0.481 e. The summed E-state index contributed by atoms with van der Waals surface area (Å²) in [5.41, 5.74) is 21.9. The highest BCUT2D eigenvalue weighted by atomic mass is 16.4. The molecule has 0 aliphatic carbocycles. The molecule has 0 bridgehead atoms. The average molecular weight is 545 g/mol. The van der Waals surface area contributed by atoms with E-state index in [2.05, 4.69) is 20.9 Å². The van der Waals surface area contributed by atoms with Crippen molar-refractivity contribution in [3.05, 3.63) is 0 Å². The number of nitrogens with zero attached hydrogens (tertiary/aromatic N) is 1. The van der Waals surface area contributed by atoms with Crippen molar-refractivity contribution >= 4 is 35.6 Å². The Bertz CT molecular complexity index is 820. The second-order valence-electron chi connectivity index (χ2n) is 9.10. The van der Waals surface area contributed by atoms with Gasteiger partial charge in [-0.1, -0.05) is 20.3 Å². The van der Waals surface area contributed by atoms with E-state index in [0.717, 1.165) is 0 Å². The summed E-state index contributed by atoms with van der Waals surface area (Å²) in [5, 5.41) is 26.0. The maximum Gasteiger partial charge on any atom is 0.326 e. The van der Waals surface area contributed by atoms with Crippen LogP contribution in [0.1, 0.15) is 65.2 Å². The third kappa shape index (κ3) is 14.3. The van der Waals surface area contributed by atoms with Gasteiger partial charge in [-0.05, 0) is 51.0 Å². The lowest BCUT2D eigenvalue weighted by Gasteiger charge is -2.26. The van der Waals surface area contributed by atoms with Gasteiger partial charge in [0.2, 0.25) is 17.7 Å². The molecule has 0 heterocycles. The van der Waals surface area contributed by atoms with Crippen molar-refractivity contribution in [3.8, 4) is 0 Å². The number of carboxylic acid groups (broad SMARTS) is 2. The first-order valence-electron chi connectivity index (χ1n) is 12.7. The van der Waals surface area contributed by atoms with Gasteiger partial charge in [0.15, 0.2) is 5.96 Å². The number of aliphatic imine (C=N–C) groups is 1. The molecule has 0 aromatic carbocycles. The smallest absolute Gasteiger partial charge is 0.326 e. The van der Waals surface area contributed by atoms with E-state index in [1.807, 2.05) is 0 Å². The van der Waals surface area contributed by atoms with Gasteiger partial charge in [-0.15, -0.1) is 0 Å². The predicted molar refractivity (Wildman–Crippen MR) is 141 cm³/mol. The van der Waals surface area contributed by atoms with E-state index in [-0.39, 0.29) is 37.7 Å². The van der Waals surface area contributed by atoms with Gasteiger partial charge in [0.25, 0.3) is 0 Å². The Labute approximate surface area is 222 Å². The highest BCUT2D eigenvalue weighted by Gasteiger charge is 2.31. The third-order valence-electron chi connectivity index (χ3n) is 5.94. The molecule has 0 fully saturated rings. The Morgan fingerprint density at radius 3 is 1.95 bits per heavy atom. The molecule has 0 saturated carbocycles. The lowest BCUT2D eigenvalue weighted by Crippen LogP contribution is -2.57. The summed E-state index contributed by atoms with van der Waals surface area (Å²) in [4.78, 5) is 65.2. The van der Waals surface area contributed by atoms with Crippen LogP contribution in [0.3, 0.4) is 0 Å². The molecule has 15 heteroatoms. The van der Waals surface area contributed by atoms with E-state index in [1.165, 1.54) is 0 Å². The van der Waals surface area contributed by atoms with Gasteiger partial charge in [0, 0.05) is 13.0 Å². The van der Waals surface area contributed by atoms with E-state index < -0.39 is 60.2 Å². The molecule has 3 amide bonds. The second kappa shape index (κ2) is 18.7. The monoisotopic (exact) mass is 544 g/mol. The maximum atomic E-state index is 13.1. The summed E-state index contributed by atoms with van der Waals surface area (Å²) in [6.45, 7) is 4.07. The van der Waals surface area contributed by atoms with Crippen LogP contribution in [0.4, 0.5) is 0 Å². The van der Waals surface area contributed by atoms with Gasteiger partial charge >= 0.3 is 11.9 Å². The number of rotatable bonds is 20. The molecule has 0 aliphatic rings. The maximum absolute atomic E-state index is 13.1. The van der Waals surface area contributed by atoms with Crippen molar-refractivity contribution in [2.75, 3.05) is 13.1 Å². The Morgan fingerprint density at radius 2 is 1.42 bits per heavy atom. The molecular weight excluding hydrogens is 500 g/mol. The fourth-order valence-electron chi connectivity index (χ4n) is 3.44. The van der Waals surface area contributed by atoms with Gasteiger partial charge in [0.1, 0.15) is 18.1 Å². The highest BCUT2D eigenvalue weighted by Crippen LogP contribution is 2.10. The number of unbranched alkanes of at least 4 members (excludes halogenated alkanes) is 1. The molecule has 0 aliphatic heterocycles. The number of nitrogens with one attached hydrogen (secondary N) is 3.